The van der Waals surface area contributed by atoms with Crippen LogP contribution in [0.2, 0.25) is 0 Å². The van der Waals surface area contributed by atoms with Gasteiger partial charge in [-0.15, -0.1) is 0 Å². The number of hydrogen-bond acceptors (Lipinski definition) is 6. The summed E-state index contributed by atoms with van der Waals surface area (Å²) in [7, 11) is 0. The number of hydrogen-bond donors (Lipinski definition) is 3. The molecule has 0 aromatic carbocycles. The monoisotopic (exact) mass is 582 g/mol. The fraction of sp³-hybridized carbons (Fsp3) is 0.538. The number of fused-ring (bicyclic) bond motifs is 2. The van der Waals surface area contributed by atoms with Gasteiger partial charge in [0.15, 0.2) is 6.04 Å². The average molecular weight is 583 g/mol. The molecule has 2 unspecified atom stereocenters. The number of aromatic nitrogens is 2. The molecule has 41 heavy (non-hydrogen) atoms. The maximum absolute atomic E-state index is 13.7. The zero-order valence-electron chi connectivity index (χ0n) is 22.9. The van der Waals surface area contributed by atoms with Gasteiger partial charge in [0.1, 0.15) is 23.5 Å². The first kappa shape index (κ1) is 29.9. The lowest BCUT2D eigenvalue weighted by Crippen LogP contribution is -2.61. The van der Waals surface area contributed by atoms with Crippen LogP contribution >= 0.6 is 0 Å². The third kappa shape index (κ3) is 5.48. The number of likely N-dealkylation sites (tertiary alicyclic amines) is 1. The number of primary amides is 1. The van der Waals surface area contributed by atoms with Crippen LogP contribution in [-0.2, 0) is 19.2 Å². The predicted octanol–water partition coefficient (Wildman–Crippen LogP) is 1.05. The number of carbonyl (C=O) groups excluding carboxylic acids is 4. The van der Waals surface area contributed by atoms with E-state index in [1.165, 1.54) is 26.8 Å². The van der Waals surface area contributed by atoms with Crippen LogP contribution in [0.4, 0.5) is 17.6 Å². The molecule has 4 amide bonds. The van der Waals surface area contributed by atoms with Crippen LogP contribution in [0.3, 0.4) is 0 Å². The second-order valence-electron chi connectivity index (χ2n) is 12.1. The number of rotatable bonds is 6. The largest absolute Gasteiger partial charge is 0.471 e. The molecule has 11 nitrogen and oxygen atoms in total. The molecule has 0 radical (unpaired) electrons. The number of piperidine rings is 1. The van der Waals surface area contributed by atoms with E-state index < -0.39 is 76.1 Å². The van der Waals surface area contributed by atoms with Crippen LogP contribution in [0.1, 0.15) is 46.4 Å². The van der Waals surface area contributed by atoms with Crippen LogP contribution in [-0.4, -0.2) is 62.7 Å². The molecule has 15 heteroatoms. The molecule has 3 heterocycles. The van der Waals surface area contributed by atoms with Gasteiger partial charge in [0.2, 0.25) is 17.7 Å². The van der Waals surface area contributed by atoms with Crippen LogP contribution in [0.5, 0.6) is 0 Å². The van der Waals surface area contributed by atoms with Gasteiger partial charge in [0.25, 0.3) is 5.56 Å². The topological polar surface area (TPSA) is 156 Å². The van der Waals surface area contributed by atoms with Crippen LogP contribution < -0.4 is 21.9 Å². The fourth-order valence-electron chi connectivity index (χ4n) is 5.60. The Kier molecular flexibility index (Phi) is 7.16. The summed E-state index contributed by atoms with van der Waals surface area (Å²) in [6.07, 6.45) is -4.34. The molecule has 1 saturated carbocycles. The SMILES string of the molecule is CC(C)(C)C(NC(=O)C(F)(F)F)C(=O)N1C[C@H]2[C@@H]([C@H]1C(=O)NC(C(N)=O)c1cc(=O)n3cc(F)ccc3n1)C2(C)C. The Morgan fingerprint density at radius 2 is 1.76 bits per heavy atom. The van der Waals surface area contributed by atoms with Crippen molar-refractivity contribution in [3.63, 3.8) is 0 Å². The van der Waals surface area contributed by atoms with Crippen LogP contribution in [0.15, 0.2) is 29.2 Å². The maximum Gasteiger partial charge on any atom is 0.471 e. The Morgan fingerprint density at radius 3 is 2.32 bits per heavy atom. The van der Waals surface area contributed by atoms with E-state index in [0.717, 1.165) is 27.6 Å². The number of amides is 4. The summed E-state index contributed by atoms with van der Waals surface area (Å²) in [6.45, 7) is 8.19. The summed E-state index contributed by atoms with van der Waals surface area (Å²) in [6, 6.07) is -1.31. The molecule has 5 atom stereocenters. The lowest BCUT2D eigenvalue weighted by atomic mass is 9.85. The number of carbonyl (C=O) groups is 4. The Morgan fingerprint density at radius 1 is 1.12 bits per heavy atom. The molecule has 4 N–H and O–H groups in total. The first-order valence-electron chi connectivity index (χ1n) is 12.7. The van der Waals surface area contributed by atoms with E-state index in [2.05, 4.69) is 10.3 Å². The standard InChI is InChI=1S/C26H30F4N6O5/c1-24(2,3)19(34-23(41)26(28,29)30)22(40)36-10-12-16(25(12,4)5)18(36)21(39)33-17(20(31)38)13-8-15(37)35-9-11(27)6-7-14(35)32-13/h6-9,12,16-19H,10H2,1-5H3,(H2,31,38)(H,33,39)(H,34,41)/t12-,16-,17?,18-,19?/m0/s1. The van der Waals surface area contributed by atoms with Crippen molar-refractivity contribution in [3.8, 4) is 0 Å². The number of alkyl halides is 3. The lowest BCUT2D eigenvalue weighted by molar-refractivity contribution is -0.176. The van der Waals surface area contributed by atoms with E-state index in [1.54, 1.807) is 5.32 Å². The summed E-state index contributed by atoms with van der Waals surface area (Å²) < 4.78 is 53.6. The van der Waals surface area contributed by atoms with Gasteiger partial charge in [0.05, 0.1) is 5.69 Å². The van der Waals surface area contributed by atoms with Crippen molar-refractivity contribution in [3.05, 3.63) is 46.3 Å². The van der Waals surface area contributed by atoms with E-state index in [1.807, 2.05) is 13.8 Å². The van der Waals surface area contributed by atoms with E-state index in [-0.39, 0.29) is 23.8 Å². The molecule has 1 aliphatic heterocycles. The highest BCUT2D eigenvalue weighted by Crippen LogP contribution is 2.65. The predicted molar refractivity (Wildman–Crippen MR) is 135 cm³/mol. The van der Waals surface area contributed by atoms with Gasteiger partial charge in [-0.2, -0.15) is 13.2 Å². The van der Waals surface area contributed by atoms with Crippen LogP contribution in [0.25, 0.3) is 5.65 Å². The van der Waals surface area contributed by atoms with Crippen LogP contribution in [0, 0.1) is 28.5 Å². The van der Waals surface area contributed by atoms with Gasteiger partial charge in [-0.05, 0) is 34.8 Å². The minimum Gasteiger partial charge on any atom is -0.368 e. The zero-order valence-corrected chi connectivity index (χ0v) is 22.9. The lowest BCUT2D eigenvalue weighted by Gasteiger charge is -2.38. The smallest absolute Gasteiger partial charge is 0.368 e. The highest BCUT2D eigenvalue weighted by atomic mass is 19.4. The van der Waals surface area contributed by atoms with Gasteiger partial charge in [-0.25, -0.2) is 9.37 Å². The summed E-state index contributed by atoms with van der Waals surface area (Å²) >= 11 is 0. The molecule has 2 aromatic rings. The molecular formula is C26H30F4N6O5. The number of nitrogens with two attached hydrogens (primary N) is 1. The van der Waals surface area contributed by atoms with Gasteiger partial charge in [0, 0.05) is 18.8 Å². The quantitative estimate of drug-likeness (QED) is 0.433. The molecule has 1 aliphatic carbocycles. The van der Waals surface area contributed by atoms with Crippen molar-refractivity contribution in [2.24, 2.45) is 28.4 Å². The first-order chi connectivity index (χ1) is 18.7. The number of nitrogens with one attached hydrogen (secondary N) is 2. The summed E-state index contributed by atoms with van der Waals surface area (Å²) in [4.78, 5) is 69.3. The van der Waals surface area contributed by atoms with E-state index in [0.29, 0.717) is 0 Å². The highest BCUT2D eigenvalue weighted by molar-refractivity contribution is 5.96. The number of pyridine rings is 1. The minimum absolute atomic E-state index is 0.0242. The summed E-state index contributed by atoms with van der Waals surface area (Å²) in [5.41, 5.74) is 2.96. The molecule has 0 spiro atoms. The van der Waals surface area contributed by atoms with Gasteiger partial charge >= 0.3 is 12.1 Å². The average Bonchev–Trinajstić information content (AvgIpc) is 3.17. The van der Waals surface area contributed by atoms with E-state index in [4.69, 9.17) is 5.73 Å². The Bertz CT molecular complexity index is 1500. The third-order valence-electron chi connectivity index (χ3n) is 7.92. The Labute approximate surface area is 231 Å². The Balaban J connectivity index is 1.66. The third-order valence-corrected chi connectivity index (χ3v) is 7.92. The van der Waals surface area contributed by atoms with Crippen molar-refractivity contribution in [1.82, 2.24) is 24.9 Å². The van der Waals surface area contributed by atoms with E-state index in [9.17, 15) is 41.5 Å². The Hall–Kier alpha value is -4.04. The van der Waals surface area contributed by atoms with Gasteiger partial charge in [-0.3, -0.25) is 28.4 Å². The molecule has 1 saturated heterocycles. The first-order valence-corrected chi connectivity index (χ1v) is 12.7. The van der Waals surface area contributed by atoms with Gasteiger partial charge in [-0.1, -0.05) is 34.6 Å². The number of nitrogens with zero attached hydrogens (tertiary/aromatic N) is 3. The molecule has 0 bridgehead atoms. The fourth-order valence-corrected chi connectivity index (χ4v) is 5.60. The van der Waals surface area contributed by atoms with Crippen molar-refractivity contribution in [1.29, 1.82) is 0 Å². The normalized spacial score (nSPS) is 23.0. The molecule has 2 aliphatic rings. The summed E-state index contributed by atoms with van der Waals surface area (Å²) in [5, 5.41) is 4.20. The van der Waals surface area contributed by atoms with Crippen molar-refractivity contribution in [2.75, 3.05) is 6.54 Å². The zero-order chi connectivity index (χ0) is 30.8. The van der Waals surface area contributed by atoms with Crippen molar-refractivity contribution >= 4 is 29.3 Å². The molecule has 2 fully saturated rings. The van der Waals surface area contributed by atoms with Gasteiger partial charge < -0.3 is 21.3 Å². The number of halogens is 4. The minimum atomic E-state index is -5.23. The van der Waals surface area contributed by atoms with E-state index >= 15 is 0 Å². The molecular weight excluding hydrogens is 552 g/mol. The second kappa shape index (κ2) is 9.80. The summed E-state index contributed by atoms with van der Waals surface area (Å²) in [5.74, 6) is -6.39. The maximum atomic E-state index is 13.7. The highest BCUT2D eigenvalue weighted by Gasteiger charge is 2.70. The van der Waals surface area contributed by atoms with Crippen molar-refractivity contribution in [2.45, 2.75) is 58.9 Å². The molecule has 4 rings (SSSR count). The molecule has 222 valence electrons. The van der Waals surface area contributed by atoms with Crippen molar-refractivity contribution < 1.29 is 36.7 Å². The molecule has 2 aromatic heterocycles. The second-order valence-corrected chi connectivity index (χ2v) is 12.1.